The Morgan fingerprint density at radius 3 is 2.74 bits per heavy atom. The summed E-state index contributed by atoms with van der Waals surface area (Å²) in [6.07, 6.45) is 5.08. The van der Waals surface area contributed by atoms with Gasteiger partial charge in [0.05, 0.1) is 0 Å². The molecular weight excluding hydrogens is 234 g/mol. The summed E-state index contributed by atoms with van der Waals surface area (Å²) in [6.45, 7) is 1.94. The number of pyridine rings is 1. The zero-order chi connectivity index (χ0) is 13.2. The van der Waals surface area contributed by atoms with Crippen molar-refractivity contribution in [1.29, 1.82) is 0 Å². The first-order chi connectivity index (χ1) is 9.25. The van der Waals surface area contributed by atoms with Gasteiger partial charge in [0.25, 0.3) is 0 Å². The van der Waals surface area contributed by atoms with Crippen LogP contribution in [-0.2, 0) is 0 Å². The number of hydrogen-bond donors (Lipinski definition) is 1. The minimum Gasteiger partial charge on any atom is -0.384 e. The number of rotatable bonds is 3. The molecule has 0 saturated heterocycles. The topological polar surface area (TPSA) is 33.1 Å². The van der Waals surface area contributed by atoms with Crippen molar-refractivity contribution in [3.63, 3.8) is 0 Å². The second kappa shape index (κ2) is 5.14. The van der Waals surface area contributed by atoms with Gasteiger partial charge < -0.3 is 5.11 Å². The Morgan fingerprint density at radius 1 is 1.21 bits per heavy atom. The molecule has 1 heterocycles. The molecule has 1 aromatic heterocycles. The number of aryl methyl sites for hydroxylation is 1. The van der Waals surface area contributed by atoms with Gasteiger partial charge in [-0.25, -0.2) is 0 Å². The molecule has 1 aliphatic carbocycles. The van der Waals surface area contributed by atoms with Crippen LogP contribution in [0.5, 0.6) is 0 Å². The highest BCUT2D eigenvalue weighted by Gasteiger charge is 2.21. The molecule has 3 rings (SSSR count). The lowest BCUT2D eigenvalue weighted by molar-refractivity contribution is 0.218. The van der Waals surface area contributed by atoms with Crippen molar-refractivity contribution in [2.24, 2.45) is 0 Å². The molecule has 98 valence electrons. The monoisotopic (exact) mass is 253 g/mol. The van der Waals surface area contributed by atoms with Gasteiger partial charge in [0.1, 0.15) is 6.10 Å². The molecule has 0 radical (unpaired) electrons. The molecule has 2 nitrogen and oxygen atoms in total. The fourth-order valence-electron chi connectivity index (χ4n) is 2.69. The van der Waals surface area contributed by atoms with Crippen LogP contribution in [0.1, 0.15) is 53.7 Å². The standard InChI is InChI=1S/C17H19NO/c1-12-16(9-4-10-18-12)17(19)15-8-3-7-14(11-15)13-5-2-6-13/h3-4,7-11,13,17,19H,2,5-6H2,1H3. The lowest BCUT2D eigenvalue weighted by Crippen LogP contribution is -2.10. The van der Waals surface area contributed by atoms with Crippen LogP contribution in [0.25, 0.3) is 0 Å². The normalized spacial score (nSPS) is 16.9. The number of hydrogen-bond acceptors (Lipinski definition) is 2. The van der Waals surface area contributed by atoms with Gasteiger partial charge >= 0.3 is 0 Å². The Hall–Kier alpha value is -1.67. The van der Waals surface area contributed by atoms with Gasteiger partial charge in [-0.3, -0.25) is 4.98 Å². The molecule has 0 amide bonds. The fourth-order valence-corrected chi connectivity index (χ4v) is 2.69. The first-order valence-electron chi connectivity index (χ1n) is 6.95. The van der Waals surface area contributed by atoms with Gasteiger partial charge in [0.2, 0.25) is 0 Å². The van der Waals surface area contributed by atoms with E-state index in [0.29, 0.717) is 5.92 Å². The van der Waals surface area contributed by atoms with Gasteiger partial charge in [-0.05, 0) is 42.9 Å². The van der Waals surface area contributed by atoms with Crippen molar-refractivity contribution in [1.82, 2.24) is 4.98 Å². The molecule has 1 aromatic carbocycles. The molecule has 0 aliphatic heterocycles. The zero-order valence-electron chi connectivity index (χ0n) is 11.2. The summed E-state index contributed by atoms with van der Waals surface area (Å²) in [5, 5.41) is 10.5. The maximum Gasteiger partial charge on any atom is 0.106 e. The average molecular weight is 253 g/mol. The van der Waals surface area contributed by atoms with E-state index >= 15 is 0 Å². The van der Waals surface area contributed by atoms with Gasteiger partial charge in [-0.15, -0.1) is 0 Å². The predicted molar refractivity (Wildman–Crippen MR) is 76.1 cm³/mol. The summed E-state index contributed by atoms with van der Waals surface area (Å²) in [7, 11) is 0. The number of nitrogens with zero attached hydrogens (tertiary/aromatic N) is 1. The van der Waals surface area contributed by atoms with Crippen molar-refractivity contribution >= 4 is 0 Å². The van der Waals surface area contributed by atoms with Crippen LogP contribution in [0, 0.1) is 6.92 Å². The van der Waals surface area contributed by atoms with Crippen molar-refractivity contribution in [2.45, 2.75) is 38.2 Å². The van der Waals surface area contributed by atoms with E-state index in [1.54, 1.807) is 6.20 Å². The Morgan fingerprint density at radius 2 is 2.05 bits per heavy atom. The third kappa shape index (κ3) is 2.41. The molecule has 1 atom stereocenters. The first kappa shape index (κ1) is 12.4. The van der Waals surface area contributed by atoms with Crippen LogP contribution >= 0.6 is 0 Å². The van der Waals surface area contributed by atoms with E-state index in [9.17, 15) is 5.11 Å². The predicted octanol–water partition coefficient (Wildman–Crippen LogP) is 3.74. The maximum absolute atomic E-state index is 10.5. The Labute approximate surface area is 114 Å². The molecule has 19 heavy (non-hydrogen) atoms. The highest BCUT2D eigenvalue weighted by Crippen LogP contribution is 2.37. The van der Waals surface area contributed by atoms with E-state index in [4.69, 9.17) is 0 Å². The molecule has 0 spiro atoms. The summed E-state index contributed by atoms with van der Waals surface area (Å²) in [4.78, 5) is 4.25. The largest absolute Gasteiger partial charge is 0.384 e. The average Bonchev–Trinajstić information content (AvgIpc) is 2.37. The number of aliphatic hydroxyl groups is 1. The van der Waals surface area contributed by atoms with Crippen molar-refractivity contribution in [3.05, 3.63) is 65.0 Å². The number of benzene rings is 1. The summed E-state index contributed by atoms with van der Waals surface area (Å²) < 4.78 is 0. The van der Waals surface area contributed by atoms with Crippen molar-refractivity contribution in [3.8, 4) is 0 Å². The van der Waals surface area contributed by atoms with Gasteiger partial charge in [0.15, 0.2) is 0 Å². The third-order valence-electron chi connectivity index (χ3n) is 4.15. The Balaban J connectivity index is 1.91. The molecule has 0 bridgehead atoms. The van der Waals surface area contributed by atoms with E-state index in [1.807, 2.05) is 25.1 Å². The van der Waals surface area contributed by atoms with Crippen LogP contribution in [0.4, 0.5) is 0 Å². The Kier molecular flexibility index (Phi) is 3.34. The number of aliphatic hydroxyl groups excluding tert-OH is 1. The lowest BCUT2D eigenvalue weighted by Gasteiger charge is -2.26. The maximum atomic E-state index is 10.5. The van der Waals surface area contributed by atoms with E-state index < -0.39 is 6.10 Å². The smallest absolute Gasteiger partial charge is 0.106 e. The molecule has 1 unspecified atom stereocenters. The van der Waals surface area contributed by atoms with Crippen LogP contribution in [0.15, 0.2) is 42.6 Å². The van der Waals surface area contributed by atoms with E-state index in [-0.39, 0.29) is 0 Å². The molecule has 1 aliphatic rings. The summed E-state index contributed by atoms with van der Waals surface area (Å²) in [5.74, 6) is 0.696. The summed E-state index contributed by atoms with van der Waals surface area (Å²) in [5.41, 5.74) is 4.13. The zero-order valence-corrected chi connectivity index (χ0v) is 11.2. The summed E-state index contributed by atoms with van der Waals surface area (Å²) in [6, 6.07) is 12.2. The van der Waals surface area contributed by atoms with Crippen LogP contribution in [-0.4, -0.2) is 10.1 Å². The van der Waals surface area contributed by atoms with Crippen molar-refractivity contribution in [2.75, 3.05) is 0 Å². The number of aromatic nitrogens is 1. The lowest BCUT2D eigenvalue weighted by atomic mass is 9.79. The third-order valence-corrected chi connectivity index (χ3v) is 4.15. The van der Waals surface area contributed by atoms with Crippen molar-refractivity contribution < 1.29 is 5.11 Å². The van der Waals surface area contributed by atoms with E-state index in [0.717, 1.165) is 16.8 Å². The first-order valence-corrected chi connectivity index (χ1v) is 6.95. The second-order valence-electron chi connectivity index (χ2n) is 5.38. The van der Waals surface area contributed by atoms with E-state index in [1.165, 1.54) is 24.8 Å². The highest BCUT2D eigenvalue weighted by molar-refractivity contribution is 5.35. The van der Waals surface area contributed by atoms with Gasteiger partial charge in [-0.2, -0.15) is 0 Å². The minimum atomic E-state index is -0.575. The van der Waals surface area contributed by atoms with Crippen LogP contribution < -0.4 is 0 Å². The van der Waals surface area contributed by atoms with Crippen LogP contribution in [0.3, 0.4) is 0 Å². The molecule has 1 N–H and O–H groups in total. The molecule has 1 saturated carbocycles. The molecule has 1 fully saturated rings. The second-order valence-corrected chi connectivity index (χ2v) is 5.38. The van der Waals surface area contributed by atoms with E-state index in [2.05, 4.69) is 23.2 Å². The SMILES string of the molecule is Cc1ncccc1C(O)c1cccc(C2CCC2)c1. The fraction of sp³-hybridized carbons (Fsp3) is 0.353. The molecule has 2 heteroatoms. The minimum absolute atomic E-state index is 0.575. The molecular formula is C17H19NO. The quantitative estimate of drug-likeness (QED) is 0.904. The highest BCUT2D eigenvalue weighted by atomic mass is 16.3. The Bertz CT molecular complexity index is 575. The van der Waals surface area contributed by atoms with Gasteiger partial charge in [0, 0.05) is 17.5 Å². The molecule has 2 aromatic rings. The summed E-state index contributed by atoms with van der Waals surface area (Å²) >= 11 is 0. The van der Waals surface area contributed by atoms with Gasteiger partial charge in [-0.1, -0.05) is 36.8 Å². The van der Waals surface area contributed by atoms with Crippen LogP contribution in [0.2, 0.25) is 0 Å².